The van der Waals surface area contributed by atoms with Gasteiger partial charge < -0.3 is 54.5 Å². The number of nitrogens with one attached hydrogen (secondary N) is 1. The average molecular weight is 552 g/mol. The van der Waals surface area contributed by atoms with Gasteiger partial charge in [0.25, 0.3) is 0 Å². The van der Waals surface area contributed by atoms with Gasteiger partial charge >= 0.3 is 5.97 Å². The standard InChI is InChI=1S/C26H33NO12/c28-8-7-27-24(33)15-10-17-23(37-13-36-17)18(11-15)38-25(34)16-6-2-1-4-14(16)5-3-9-35-26-22(32)21(31)20(30)19(12-29)39-26/h1-6,10,17-23,26,28-32H,7-9,11-13H2,(H,27,33)/t17-,18-,19-,20+,21+,22-,23-,26+/m1/s1. The molecule has 0 aromatic heterocycles. The van der Waals surface area contributed by atoms with E-state index >= 15 is 0 Å². The summed E-state index contributed by atoms with van der Waals surface area (Å²) in [6, 6.07) is 6.67. The van der Waals surface area contributed by atoms with Crippen molar-refractivity contribution in [2.45, 2.75) is 55.4 Å². The molecule has 2 saturated heterocycles. The first-order valence-corrected chi connectivity index (χ1v) is 12.6. The Hall–Kier alpha value is -2.72. The third-order valence-electron chi connectivity index (χ3n) is 6.63. The molecular weight excluding hydrogens is 518 g/mol. The Balaban J connectivity index is 1.39. The third-order valence-corrected chi connectivity index (χ3v) is 6.63. The maximum atomic E-state index is 13.2. The molecule has 3 aliphatic rings. The zero-order valence-corrected chi connectivity index (χ0v) is 21.0. The van der Waals surface area contributed by atoms with E-state index in [1.54, 1.807) is 42.5 Å². The molecule has 39 heavy (non-hydrogen) atoms. The lowest BCUT2D eigenvalue weighted by atomic mass is 9.91. The van der Waals surface area contributed by atoms with Gasteiger partial charge in [0.15, 0.2) is 6.29 Å². The monoisotopic (exact) mass is 551 g/mol. The molecule has 0 unspecified atom stereocenters. The van der Waals surface area contributed by atoms with Crippen LogP contribution in [0.25, 0.3) is 6.08 Å². The number of ether oxygens (including phenoxy) is 5. The number of carbonyl (C=O) groups is 2. The van der Waals surface area contributed by atoms with Crippen molar-refractivity contribution in [1.29, 1.82) is 0 Å². The van der Waals surface area contributed by atoms with E-state index in [1.807, 2.05) is 0 Å². The predicted octanol–water partition coefficient (Wildman–Crippen LogP) is -1.78. The van der Waals surface area contributed by atoms with Crippen LogP contribution < -0.4 is 5.32 Å². The summed E-state index contributed by atoms with van der Waals surface area (Å²) in [7, 11) is 0. The summed E-state index contributed by atoms with van der Waals surface area (Å²) < 4.78 is 27.6. The van der Waals surface area contributed by atoms with E-state index in [-0.39, 0.29) is 44.4 Å². The number of esters is 1. The third kappa shape index (κ3) is 6.90. The zero-order chi connectivity index (χ0) is 27.9. The predicted molar refractivity (Wildman–Crippen MR) is 132 cm³/mol. The molecule has 0 bridgehead atoms. The molecule has 13 nitrogen and oxygen atoms in total. The van der Waals surface area contributed by atoms with Crippen LogP contribution in [0.1, 0.15) is 22.3 Å². The Bertz CT molecular complexity index is 1060. The fourth-order valence-electron chi connectivity index (χ4n) is 4.57. The van der Waals surface area contributed by atoms with Crippen LogP contribution in [-0.4, -0.2) is 120 Å². The van der Waals surface area contributed by atoms with Gasteiger partial charge in [0.1, 0.15) is 49.5 Å². The Kier molecular flexibility index (Phi) is 10.2. The van der Waals surface area contributed by atoms with Crippen molar-refractivity contribution in [2.24, 2.45) is 0 Å². The number of benzene rings is 1. The maximum Gasteiger partial charge on any atom is 0.339 e. The fraction of sp³-hybridized carbons (Fsp3) is 0.538. The van der Waals surface area contributed by atoms with Gasteiger partial charge in [-0.05, 0) is 17.7 Å². The largest absolute Gasteiger partial charge is 0.456 e. The van der Waals surface area contributed by atoms with Crippen LogP contribution in [0.4, 0.5) is 0 Å². The number of amides is 1. The van der Waals surface area contributed by atoms with Crippen LogP contribution in [0.3, 0.4) is 0 Å². The van der Waals surface area contributed by atoms with Gasteiger partial charge in [0.05, 0.1) is 25.4 Å². The van der Waals surface area contributed by atoms with Crippen LogP contribution >= 0.6 is 0 Å². The van der Waals surface area contributed by atoms with Gasteiger partial charge in [-0.25, -0.2) is 4.79 Å². The summed E-state index contributed by atoms with van der Waals surface area (Å²) >= 11 is 0. The number of aliphatic hydroxyl groups is 5. The van der Waals surface area contributed by atoms with Crippen molar-refractivity contribution < 1.29 is 58.8 Å². The van der Waals surface area contributed by atoms with E-state index in [1.165, 1.54) is 0 Å². The molecule has 8 atom stereocenters. The lowest BCUT2D eigenvalue weighted by Crippen LogP contribution is -2.59. The van der Waals surface area contributed by atoms with Crippen molar-refractivity contribution >= 4 is 18.0 Å². The molecule has 4 rings (SSSR count). The first-order valence-electron chi connectivity index (χ1n) is 12.6. The molecule has 6 N–H and O–H groups in total. The number of carbonyl (C=O) groups excluding carboxylic acids is 2. The smallest absolute Gasteiger partial charge is 0.339 e. The van der Waals surface area contributed by atoms with Gasteiger partial charge in [-0.2, -0.15) is 0 Å². The molecule has 1 amide bonds. The number of aliphatic hydroxyl groups excluding tert-OH is 5. The topological polar surface area (TPSA) is 193 Å². The van der Waals surface area contributed by atoms with Crippen LogP contribution in [0.5, 0.6) is 0 Å². The minimum Gasteiger partial charge on any atom is -0.456 e. The second-order valence-electron chi connectivity index (χ2n) is 9.22. The number of hydrogen-bond donors (Lipinski definition) is 6. The molecule has 1 aromatic rings. The summed E-state index contributed by atoms with van der Waals surface area (Å²) in [6.45, 7) is -0.771. The highest BCUT2D eigenvalue weighted by atomic mass is 16.7. The normalized spacial score (nSPS) is 32.5. The van der Waals surface area contributed by atoms with E-state index in [0.29, 0.717) is 11.1 Å². The Morgan fingerprint density at radius 3 is 2.64 bits per heavy atom. The molecule has 2 fully saturated rings. The molecule has 214 valence electrons. The van der Waals surface area contributed by atoms with Gasteiger partial charge in [0.2, 0.25) is 5.91 Å². The van der Waals surface area contributed by atoms with Crippen molar-refractivity contribution in [3.63, 3.8) is 0 Å². The van der Waals surface area contributed by atoms with Crippen molar-refractivity contribution in [3.8, 4) is 0 Å². The van der Waals surface area contributed by atoms with E-state index in [2.05, 4.69) is 5.32 Å². The minimum absolute atomic E-state index is 0.000801. The van der Waals surface area contributed by atoms with Gasteiger partial charge in [0, 0.05) is 18.5 Å². The van der Waals surface area contributed by atoms with Crippen molar-refractivity contribution in [3.05, 3.63) is 53.1 Å². The number of hydrogen-bond acceptors (Lipinski definition) is 12. The second kappa shape index (κ2) is 13.6. The Morgan fingerprint density at radius 2 is 1.87 bits per heavy atom. The summed E-state index contributed by atoms with van der Waals surface area (Å²) in [5, 5.41) is 50.7. The van der Waals surface area contributed by atoms with E-state index in [0.717, 1.165) is 0 Å². The lowest BCUT2D eigenvalue weighted by molar-refractivity contribution is -0.298. The van der Waals surface area contributed by atoms with Crippen LogP contribution in [-0.2, 0) is 28.5 Å². The quantitative estimate of drug-likeness (QED) is 0.179. The van der Waals surface area contributed by atoms with Crippen molar-refractivity contribution in [2.75, 3.05) is 33.2 Å². The maximum absolute atomic E-state index is 13.2. The highest BCUT2D eigenvalue weighted by molar-refractivity contribution is 5.95. The SMILES string of the molecule is O=C(NCCO)C1=C[C@H]2OCO[C@H]2[C@H](OC(=O)c2ccccc2C=CCO[C@H]2O[C@H](CO)[C@H](O)[C@H](O)[C@H]2O)C1. The summed E-state index contributed by atoms with van der Waals surface area (Å²) in [5.41, 5.74) is 1.12. The zero-order valence-electron chi connectivity index (χ0n) is 21.0. The molecule has 0 radical (unpaired) electrons. The van der Waals surface area contributed by atoms with Crippen molar-refractivity contribution in [1.82, 2.24) is 5.32 Å². The number of rotatable bonds is 10. The summed E-state index contributed by atoms with van der Waals surface area (Å²) in [5.74, 6) is -1.02. The molecule has 1 aromatic carbocycles. The Morgan fingerprint density at radius 1 is 1.08 bits per heavy atom. The summed E-state index contributed by atoms with van der Waals surface area (Å²) in [4.78, 5) is 25.6. The molecular formula is C26H33NO12. The fourth-order valence-corrected chi connectivity index (χ4v) is 4.57. The molecule has 2 heterocycles. The Labute approximate surface area is 224 Å². The van der Waals surface area contributed by atoms with Gasteiger partial charge in [-0.15, -0.1) is 0 Å². The van der Waals surface area contributed by atoms with E-state index < -0.39 is 61.6 Å². The molecule has 13 heteroatoms. The highest BCUT2D eigenvalue weighted by Gasteiger charge is 2.44. The molecule has 0 spiro atoms. The van der Waals surface area contributed by atoms with Crippen LogP contribution in [0.15, 0.2) is 42.0 Å². The summed E-state index contributed by atoms with van der Waals surface area (Å²) in [6.07, 6.45) is -3.92. The lowest BCUT2D eigenvalue weighted by Gasteiger charge is -2.39. The van der Waals surface area contributed by atoms with E-state index in [4.69, 9.17) is 28.8 Å². The molecule has 2 aliphatic heterocycles. The second-order valence-corrected chi connectivity index (χ2v) is 9.22. The van der Waals surface area contributed by atoms with Gasteiger partial charge in [-0.3, -0.25) is 4.79 Å². The van der Waals surface area contributed by atoms with Gasteiger partial charge in [-0.1, -0.05) is 30.4 Å². The number of fused-ring (bicyclic) bond motifs is 1. The van der Waals surface area contributed by atoms with E-state index in [9.17, 15) is 30.0 Å². The average Bonchev–Trinajstić information content (AvgIpc) is 3.43. The molecule has 0 saturated carbocycles. The first-order chi connectivity index (χ1) is 18.8. The van der Waals surface area contributed by atoms with Crippen LogP contribution in [0, 0.1) is 0 Å². The molecule has 1 aliphatic carbocycles. The first kappa shape index (κ1) is 29.3. The highest BCUT2D eigenvalue weighted by Crippen LogP contribution is 2.31. The van der Waals surface area contributed by atoms with Crippen LogP contribution in [0.2, 0.25) is 0 Å². The minimum atomic E-state index is -1.55.